The maximum absolute atomic E-state index is 13.5. The van der Waals surface area contributed by atoms with Crippen LogP contribution >= 0.6 is 0 Å². The number of nitrogens with one attached hydrogen (secondary N) is 1. The van der Waals surface area contributed by atoms with Crippen LogP contribution in [0.4, 0.5) is 0 Å². The van der Waals surface area contributed by atoms with Crippen LogP contribution in [0.2, 0.25) is 0 Å². The summed E-state index contributed by atoms with van der Waals surface area (Å²) in [5, 5.41) is 35.7. The number of fused-ring (bicyclic) bond motifs is 2. The number of aliphatic hydroxyl groups is 2. The van der Waals surface area contributed by atoms with Crippen molar-refractivity contribution < 1.29 is 44.0 Å². The number of ether oxygens (including phenoxy) is 2. The van der Waals surface area contributed by atoms with Gasteiger partial charge in [0, 0.05) is 12.3 Å². The number of rotatable bonds is 1. The number of carbonyl (C=O) groups is 4. The zero-order valence-electron chi connectivity index (χ0n) is 16.5. The molecule has 1 aromatic carbocycles. The highest BCUT2D eigenvalue weighted by atomic mass is 16.5. The minimum Gasteiger partial charge on any atom is -0.506 e. The lowest BCUT2D eigenvalue weighted by atomic mass is 9.77. The van der Waals surface area contributed by atoms with E-state index >= 15 is 0 Å². The Balaban J connectivity index is 1.98. The maximum atomic E-state index is 13.5. The summed E-state index contributed by atoms with van der Waals surface area (Å²) in [7, 11) is 1.11. The van der Waals surface area contributed by atoms with Gasteiger partial charge in [-0.2, -0.15) is 0 Å². The number of methoxy groups -OCH3 is 1. The Labute approximate surface area is 170 Å². The lowest BCUT2D eigenvalue weighted by Gasteiger charge is -2.47. The molecule has 2 bridgehead atoms. The van der Waals surface area contributed by atoms with Crippen LogP contribution in [0.1, 0.15) is 47.4 Å². The van der Waals surface area contributed by atoms with Crippen LogP contribution in [-0.4, -0.2) is 62.8 Å². The zero-order valence-corrected chi connectivity index (χ0v) is 16.5. The number of esters is 1. The van der Waals surface area contributed by atoms with Gasteiger partial charge in [-0.05, 0) is 26.0 Å². The minimum atomic E-state index is -2.08. The molecule has 1 saturated heterocycles. The van der Waals surface area contributed by atoms with Crippen molar-refractivity contribution in [3.8, 4) is 11.5 Å². The Morgan fingerprint density at radius 1 is 1.23 bits per heavy atom. The summed E-state index contributed by atoms with van der Waals surface area (Å²) in [5.74, 6) is -6.61. The van der Waals surface area contributed by atoms with E-state index in [4.69, 9.17) is 4.74 Å². The molecule has 0 radical (unpaired) electrons. The number of ketones is 2. The van der Waals surface area contributed by atoms with E-state index in [-0.39, 0.29) is 23.3 Å². The number of amides is 1. The van der Waals surface area contributed by atoms with Crippen molar-refractivity contribution in [3.05, 3.63) is 23.3 Å². The molecule has 5 atom stereocenters. The van der Waals surface area contributed by atoms with E-state index in [0.717, 1.165) is 7.11 Å². The van der Waals surface area contributed by atoms with Gasteiger partial charge in [0.25, 0.3) is 0 Å². The largest absolute Gasteiger partial charge is 0.506 e. The molecule has 1 spiro atoms. The molecule has 1 amide bonds. The summed E-state index contributed by atoms with van der Waals surface area (Å²) < 4.78 is 10.5. The maximum Gasteiger partial charge on any atom is 0.341 e. The fourth-order valence-corrected chi connectivity index (χ4v) is 5.19. The summed E-state index contributed by atoms with van der Waals surface area (Å²) in [6.45, 7) is 2.56. The molecule has 4 rings (SSSR count). The lowest BCUT2D eigenvalue weighted by Crippen LogP contribution is -2.71. The minimum absolute atomic E-state index is 0.190. The van der Waals surface area contributed by atoms with Gasteiger partial charge in [-0.15, -0.1) is 0 Å². The van der Waals surface area contributed by atoms with Gasteiger partial charge in [0.1, 0.15) is 39.9 Å². The lowest BCUT2D eigenvalue weighted by molar-refractivity contribution is -0.171. The topological polar surface area (TPSA) is 159 Å². The number of benzene rings is 1. The second-order valence-corrected chi connectivity index (χ2v) is 8.36. The molecule has 10 nitrogen and oxygen atoms in total. The first-order valence-electron chi connectivity index (χ1n) is 9.33. The zero-order chi connectivity index (χ0) is 22.2. The molecule has 1 aromatic rings. The SMILES string of the molecule is COC(=O)c1ccc2c(c1O)C(=O)C1[C@@](C)(O)[C@H]3CC(=O)CC(=O)N[C@]1(O2)[C@]3(C)O. The normalized spacial score (nSPS) is 37.3. The Bertz CT molecular complexity index is 1010. The van der Waals surface area contributed by atoms with E-state index in [1.165, 1.54) is 26.0 Å². The fraction of sp³-hybridized carbons (Fsp3) is 0.500. The van der Waals surface area contributed by atoms with E-state index in [2.05, 4.69) is 10.1 Å². The van der Waals surface area contributed by atoms with Crippen molar-refractivity contribution in [2.75, 3.05) is 7.11 Å². The predicted molar refractivity (Wildman–Crippen MR) is 97.7 cm³/mol. The second-order valence-electron chi connectivity index (χ2n) is 8.36. The summed E-state index contributed by atoms with van der Waals surface area (Å²) in [6, 6.07) is 2.41. The second kappa shape index (κ2) is 6.02. The first-order valence-corrected chi connectivity index (χ1v) is 9.33. The van der Waals surface area contributed by atoms with Gasteiger partial charge in [-0.3, -0.25) is 14.4 Å². The van der Waals surface area contributed by atoms with Crippen molar-refractivity contribution in [1.82, 2.24) is 5.32 Å². The van der Waals surface area contributed by atoms with Crippen LogP contribution in [0.5, 0.6) is 11.5 Å². The van der Waals surface area contributed by atoms with E-state index in [0.29, 0.717) is 0 Å². The van der Waals surface area contributed by atoms with Crippen LogP contribution < -0.4 is 10.1 Å². The Kier molecular flexibility index (Phi) is 4.07. The predicted octanol–water partition coefficient (Wildman–Crippen LogP) is -0.323. The molecule has 160 valence electrons. The number of aromatic hydroxyl groups is 1. The van der Waals surface area contributed by atoms with Crippen molar-refractivity contribution in [1.29, 1.82) is 0 Å². The van der Waals surface area contributed by atoms with Gasteiger partial charge in [0.15, 0.2) is 5.78 Å². The number of phenolic OH excluding ortho intramolecular Hbond substituents is 1. The summed E-state index contributed by atoms with van der Waals surface area (Å²) in [6.07, 6.45) is -0.841. The molecule has 1 saturated carbocycles. The van der Waals surface area contributed by atoms with Crippen LogP contribution in [0.25, 0.3) is 0 Å². The summed E-state index contributed by atoms with van der Waals surface area (Å²) in [5.41, 5.74) is -6.75. The number of Topliss-reactive ketones (excluding diaryl/α,β-unsaturated/α-hetero) is 2. The molecular weight excluding hydrogens is 398 g/mol. The average molecular weight is 419 g/mol. The number of hydrogen-bond donors (Lipinski definition) is 4. The van der Waals surface area contributed by atoms with Crippen molar-refractivity contribution >= 4 is 23.4 Å². The van der Waals surface area contributed by atoms with Gasteiger partial charge >= 0.3 is 5.97 Å². The molecule has 10 heteroatoms. The van der Waals surface area contributed by atoms with Gasteiger partial charge in [-0.1, -0.05) is 0 Å². The quantitative estimate of drug-likeness (QED) is 0.353. The molecule has 1 aliphatic carbocycles. The van der Waals surface area contributed by atoms with Crippen molar-refractivity contribution in [2.45, 2.75) is 43.6 Å². The molecule has 2 heterocycles. The highest BCUT2D eigenvalue weighted by molar-refractivity contribution is 6.09. The molecule has 2 fully saturated rings. The third kappa shape index (κ3) is 2.31. The summed E-state index contributed by atoms with van der Waals surface area (Å²) in [4.78, 5) is 50.1. The highest BCUT2D eigenvalue weighted by Gasteiger charge is 2.78. The first kappa shape index (κ1) is 20.3. The monoisotopic (exact) mass is 419 g/mol. The average Bonchev–Trinajstić information content (AvgIpc) is 2.77. The van der Waals surface area contributed by atoms with Crippen LogP contribution in [0, 0.1) is 11.8 Å². The third-order valence-corrected chi connectivity index (χ3v) is 6.57. The number of hydrogen-bond acceptors (Lipinski definition) is 9. The van der Waals surface area contributed by atoms with E-state index in [1.54, 1.807) is 0 Å². The Hall–Kier alpha value is -2.98. The molecular formula is C20H21NO9. The summed E-state index contributed by atoms with van der Waals surface area (Å²) >= 11 is 0. The van der Waals surface area contributed by atoms with Gasteiger partial charge in [0.2, 0.25) is 11.6 Å². The number of carbonyl (C=O) groups excluding carboxylic acids is 4. The standard InChI is InChI=1S/C20H21NO9/c1-18(27)11-6-8(22)7-12(23)21-20(19(11,2)28)16(18)15(25)13-10(30-20)5-4-9(14(13)24)17(26)29-3/h4-5,11,16,24,27-28H,6-7H2,1-3H3,(H,21,23)/t11-,16?,18+,19-,20-/m1/s1. The molecule has 2 aliphatic heterocycles. The van der Waals surface area contributed by atoms with Gasteiger partial charge in [0.05, 0.1) is 19.1 Å². The highest BCUT2D eigenvalue weighted by Crippen LogP contribution is 2.60. The number of phenols is 1. The molecule has 3 aliphatic rings. The van der Waals surface area contributed by atoms with Gasteiger partial charge in [-0.25, -0.2) is 4.79 Å². The first-order chi connectivity index (χ1) is 13.9. The molecule has 30 heavy (non-hydrogen) atoms. The van der Waals surface area contributed by atoms with Crippen molar-refractivity contribution in [2.24, 2.45) is 11.8 Å². The molecule has 0 aromatic heterocycles. The molecule has 1 unspecified atom stereocenters. The third-order valence-electron chi connectivity index (χ3n) is 6.57. The van der Waals surface area contributed by atoms with Gasteiger partial charge < -0.3 is 30.1 Å². The van der Waals surface area contributed by atoms with E-state index in [9.17, 15) is 34.5 Å². The Morgan fingerprint density at radius 2 is 1.90 bits per heavy atom. The van der Waals surface area contributed by atoms with Crippen LogP contribution in [-0.2, 0) is 14.3 Å². The van der Waals surface area contributed by atoms with E-state index < -0.39 is 64.4 Å². The van der Waals surface area contributed by atoms with Crippen LogP contribution in [0.15, 0.2) is 12.1 Å². The van der Waals surface area contributed by atoms with Crippen LogP contribution in [0.3, 0.4) is 0 Å². The van der Waals surface area contributed by atoms with Crippen molar-refractivity contribution in [3.63, 3.8) is 0 Å². The Morgan fingerprint density at radius 3 is 2.53 bits per heavy atom. The van der Waals surface area contributed by atoms with E-state index in [1.807, 2.05) is 0 Å². The molecule has 4 N–H and O–H groups in total. The fourth-order valence-electron chi connectivity index (χ4n) is 5.19. The smallest absolute Gasteiger partial charge is 0.341 e.